The van der Waals surface area contributed by atoms with Crippen molar-refractivity contribution in [2.45, 2.75) is 33.6 Å². The van der Waals surface area contributed by atoms with E-state index in [0.717, 1.165) is 43.3 Å². The molecule has 2 aromatic carbocycles. The van der Waals surface area contributed by atoms with Crippen molar-refractivity contribution in [2.24, 2.45) is 0 Å². The Morgan fingerprint density at radius 3 is 2.59 bits per heavy atom. The standard InChI is InChI=1S/C24H29F2N3O2S/c1-4-7-13-31-19-10-8-9-17(14-19)23(30)29(12-11-28(5-2)6-3)24-27-22-20(26)15-18(25)16-21(22)32-24/h8-10,14-16H,4-7,11-13H2,1-3H3. The summed E-state index contributed by atoms with van der Waals surface area (Å²) in [6.45, 7) is 9.50. The maximum absolute atomic E-state index is 14.2. The summed E-state index contributed by atoms with van der Waals surface area (Å²) in [5, 5.41) is 0.346. The summed E-state index contributed by atoms with van der Waals surface area (Å²) in [5.41, 5.74) is 0.535. The van der Waals surface area contributed by atoms with Gasteiger partial charge in [0.1, 0.15) is 17.1 Å². The van der Waals surface area contributed by atoms with Crippen LogP contribution in [0.15, 0.2) is 36.4 Å². The number of rotatable bonds is 11. The molecule has 1 heterocycles. The maximum Gasteiger partial charge on any atom is 0.260 e. The smallest absolute Gasteiger partial charge is 0.260 e. The minimum absolute atomic E-state index is 0.0729. The topological polar surface area (TPSA) is 45.7 Å². The van der Waals surface area contributed by atoms with Crippen LogP contribution in [0.2, 0.25) is 0 Å². The summed E-state index contributed by atoms with van der Waals surface area (Å²) in [7, 11) is 0. The van der Waals surface area contributed by atoms with E-state index in [1.54, 1.807) is 23.1 Å². The lowest BCUT2D eigenvalue weighted by Crippen LogP contribution is -2.38. The number of carbonyl (C=O) groups excluding carboxylic acids is 1. The van der Waals surface area contributed by atoms with Gasteiger partial charge in [0.15, 0.2) is 10.9 Å². The number of likely N-dealkylation sites (N-methyl/N-ethyl adjacent to an activating group) is 1. The van der Waals surface area contributed by atoms with Gasteiger partial charge in [0, 0.05) is 24.7 Å². The van der Waals surface area contributed by atoms with Gasteiger partial charge in [-0.2, -0.15) is 0 Å². The molecule has 0 aliphatic carbocycles. The molecule has 0 radical (unpaired) electrons. The molecule has 0 aliphatic heterocycles. The second-order valence-corrected chi connectivity index (χ2v) is 8.45. The van der Waals surface area contributed by atoms with Crippen LogP contribution in [-0.2, 0) is 0 Å². The number of ether oxygens (including phenoxy) is 1. The van der Waals surface area contributed by atoms with E-state index in [2.05, 4.69) is 30.7 Å². The van der Waals surface area contributed by atoms with Gasteiger partial charge in [-0.15, -0.1) is 0 Å². The normalized spacial score (nSPS) is 11.3. The van der Waals surface area contributed by atoms with E-state index in [-0.39, 0.29) is 11.4 Å². The Labute approximate surface area is 191 Å². The van der Waals surface area contributed by atoms with Gasteiger partial charge in [0.2, 0.25) is 0 Å². The fourth-order valence-corrected chi connectivity index (χ4v) is 4.36. The lowest BCUT2D eigenvalue weighted by Gasteiger charge is -2.25. The number of carbonyl (C=O) groups is 1. The van der Waals surface area contributed by atoms with E-state index in [0.29, 0.717) is 40.8 Å². The number of amides is 1. The van der Waals surface area contributed by atoms with Crippen molar-refractivity contribution in [1.82, 2.24) is 9.88 Å². The first-order valence-electron chi connectivity index (χ1n) is 11.0. The predicted octanol–water partition coefficient (Wildman–Crippen LogP) is 5.74. The summed E-state index contributed by atoms with van der Waals surface area (Å²) >= 11 is 1.11. The van der Waals surface area contributed by atoms with Gasteiger partial charge in [-0.3, -0.25) is 9.69 Å². The van der Waals surface area contributed by atoms with Crippen molar-refractivity contribution < 1.29 is 18.3 Å². The van der Waals surface area contributed by atoms with E-state index in [1.165, 1.54) is 6.07 Å². The van der Waals surface area contributed by atoms with Crippen molar-refractivity contribution in [3.8, 4) is 5.75 Å². The van der Waals surface area contributed by atoms with E-state index >= 15 is 0 Å². The van der Waals surface area contributed by atoms with E-state index < -0.39 is 11.6 Å². The Morgan fingerprint density at radius 1 is 1.09 bits per heavy atom. The van der Waals surface area contributed by atoms with Crippen LogP contribution in [0.5, 0.6) is 5.75 Å². The monoisotopic (exact) mass is 461 g/mol. The van der Waals surface area contributed by atoms with Crippen LogP contribution >= 0.6 is 11.3 Å². The highest BCUT2D eigenvalue weighted by Crippen LogP contribution is 2.32. The highest BCUT2D eigenvalue weighted by Gasteiger charge is 2.23. The third-order valence-corrected chi connectivity index (χ3v) is 6.29. The molecule has 1 aromatic heterocycles. The number of nitrogens with zero attached hydrogens (tertiary/aromatic N) is 3. The van der Waals surface area contributed by atoms with Crippen LogP contribution in [0.4, 0.5) is 13.9 Å². The van der Waals surface area contributed by atoms with Crippen LogP contribution < -0.4 is 9.64 Å². The summed E-state index contributed by atoms with van der Waals surface area (Å²) in [5.74, 6) is -1.02. The molecule has 172 valence electrons. The lowest BCUT2D eigenvalue weighted by atomic mass is 10.2. The molecule has 3 aromatic rings. The molecule has 0 bridgehead atoms. The lowest BCUT2D eigenvalue weighted by molar-refractivity contribution is 0.0983. The molecule has 0 fully saturated rings. The van der Waals surface area contributed by atoms with Gasteiger partial charge in [-0.25, -0.2) is 13.8 Å². The van der Waals surface area contributed by atoms with Crippen LogP contribution in [0, 0.1) is 11.6 Å². The Balaban J connectivity index is 1.93. The molecule has 0 unspecified atom stereocenters. The number of hydrogen-bond acceptors (Lipinski definition) is 5. The average molecular weight is 462 g/mol. The third kappa shape index (κ3) is 5.81. The summed E-state index contributed by atoms with van der Waals surface area (Å²) in [4.78, 5) is 21.6. The van der Waals surface area contributed by atoms with Crippen molar-refractivity contribution in [3.05, 3.63) is 53.6 Å². The number of anilines is 1. The minimum Gasteiger partial charge on any atom is -0.494 e. The molecule has 32 heavy (non-hydrogen) atoms. The van der Waals surface area contributed by atoms with Crippen LogP contribution in [0.1, 0.15) is 44.0 Å². The third-order valence-electron chi connectivity index (χ3n) is 5.26. The van der Waals surface area contributed by atoms with Crippen LogP contribution in [0.3, 0.4) is 0 Å². The van der Waals surface area contributed by atoms with E-state index in [4.69, 9.17) is 4.74 Å². The van der Waals surface area contributed by atoms with Gasteiger partial charge in [0.05, 0.1) is 11.3 Å². The minimum atomic E-state index is -0.732. The van der Waals surface area contributed by atoms with Crippen molar-refractivity contribution >= 4 is 32.6 Å². The van der Waals surface area contributed by atoms with Gasteiger partial charge in [-0.1, -0.05) is 44.6 Å². The highest BCUT2D eigenvalue weighted by atomic mass is 32.1. The quantitative estimate of drug-likeness (QED) is 0.342. The van der Waals surface area contributed by atoms with Gasteiger partial charge < -0.3 is 9.64 Å². The maximum atomic E-state index is 14.2. The number of aromatic nitrogens is 1. The van der Waals surface area contributed by atoms with Crippen molar-refractivity contribution in [2.75, 3.05) is 37.7 Å². The molecule has 3 rings (SSSR count). The first-order valence-corrected chi connectivity index (χ1v) is 11.8. The Hall–Kier alpha value is -2.58. The number of thiazole rings is 1. The number of benzene rings is 2. The summed E-state index contributed by atoms with van der Waals surface area (Å²) < 4.78 is 34.1. The number of halogens is 2. The second kappa shape index (κ2) is 11.3. The van der Waals surface area contributed by atoms with E-state index in [1.807, 2.05) is 6.07 Å². The molecule has 5 nitrogen and oxygen atoms in total. The van der Waals surface area contributed by atoms with Crippen molar-refractivity contribution in [1.29, 1.82) is 0 Å². The molecule has 0 saturated carbocycles. The molecule has 1 amide bonds. The summed E-state index contributed by atoms with van der Waals surface area (Å²) in [6, 6.07) is 9.11. The SMILES string of the molecule is CCCCOc1cccc(C(=O)N(CCN(CC)CC)c2nc3c(F)cc(F)cc3s2)c1. The Kier molecular flexibility index (Phi) is 8.53. The van der Waals surface area contributed by atoms with E-state index in [9.17, 15) is 13.6 Å². The van der Waals surface area contributed by atoms with Gasteiger partial charge in [0.25, 0.3) is 5.91 Å². The molecule has 0 atom stereocenters. The fourth-order valence-electron chi connectivity index (χ4n) is 3.34. The van der Waals surface area contributed by atoms with Crippen LogP contribution in [0.25, 0.3) is 10.2 Å². The Morgan fingerprint density at radius 2 is 1.88 bits per heavy atom. The molecule has 0 spiro atoms. The molecule has 8 heteroatoms. The zero-order valence-corrected chi connectivity index (χ0v) is 19.6. The van der Waals surface area contributed by atoms with Gasteiger partial charge in [-0.05, 0) is 43.8 Å². The molecule has 0 N–H and O–H groups in total. The zero-order valence-electron chi connectivity index (χ0n) is 18.7. The zero-order chi connectivity index (χ0) is 23.1. The van der Waals surface area contributed by atoms with Gasteiger partial charge >= 0.3 is 0 Å². The van der Waals surface area contributed by atoms with Crippen molar-refractivity contribution in [3.63, 3.8) is 0 Å². The summed E-state index contributed by atoms with van der Waals surface area (Å²) in [6.07, 6.45) is 1.95. The first-order chi connectivity index (χ1) is 15.5. The first kappa shape index (κ1) is 24.1. The molecule has 0 aliphatic rings. The molecular weight excluding hydrogens is 432 g/mol. The highest BCUT2D eigenvalue weighted by molar-refractivity contribution is 7.22. The molecular formula is C24H29F2N3O2S. The number of unbranched alkanes of at least 4 members (excludes halogenated alkanes) is 1. The largest absolute Gasteiger partial charge is 0.494 e. The molecule has 0 saturated heterocycles. The number of fused-ring (bicyclic) bond motifs is 1. The fraction of sp³-hybridized carbons (Fsp3) is 0.417. The predicted molar refractivity (Wildman–Crippen MR) is 126 cm³/mol. The Bertz CT molecular complexity index is 1050. The second-order valence-electron chi connectivity index (χ2n) is 7.44. The average Bonchev–Trinajstić information content (AvgIpc) is 3.21. The number of hydrogen-bond donors (Lipinski definition) is 0. The van der Waals surface area contributed by atoms with Crippen LogP contribution in [-0.4, -0.2) is 48.6 Å².